The van der Waals surface area contributed by atoms with Gasteiger partial charge >= 0.3 is 0 Å². The average Bonchev–Trinajstić information content (AvgIpc) is 2.68. The topological polar surface area (TPSA) is 49.4 Å². The Kier molecular flexibility index (Phi) is 5.71. The summed E-state index contributed by atoms with van der Waals surface area (Å²) in [7, 11) is 0. The predicted molar refractivity (Wildman–Crippen MR) is 99.7 cm³/mol. The first-order valence-corrected chi connectivity index (χ1v) is 9.01. The van der Waals surface area contributed by atoms with E-state index in [4.69, 9.17) is 11.6 Å². The molecule has 0 spiro atoms. The summed E-state index contributed by atoms with van der Waals surface area (Å²) in [6, 6.07) is 17.8. The fraction of sp³-hybridized carbons (Fsp3) is 0.300. The van der Waals surface area contributed by atoms with Gasteiger partial charge in [0.25, 0.3) is 5.91 Å². The number of carbonyl (C=O) groups is 2. The van der Waals surface area contributed by atoms with Crippen LogP contribution in [-0.4, -0.2) is 41.7 Å². The summed E-state index contributed by atoms with van der Waals surface area (Å²) in [5.74, 6) is -0.0881. The van der Waals surface area contributed by atoms with Crippen LogP contribution in [0.15, 0.2) is 54.6 Å². The molecule has 0 aromatic heterocycles. The van der Waals surface area contributed by atoms with E-state index in [1.165, 1.54) is 0 Å². The Morgan fingerprint density at radius 3 is 2.16 bits per heavy atom. The van der Waals surface area contributed by atoms with E-state index in [1.54, 1.807) is 4.90 Å². The number of halogens is 1. The van der Waals surface area contributed by atoms with E-state index in [9.17, 15) is 9.59 Å². The zero-order valence-electron chi connectivity index (χ0n) is 14.0. The van der Waals surface area contributed by atoms with Gasteiger partial charge in [-0.05, 0) is 36.1 Å². The standard InChI is InChI=1S/C20H21ClN2O2/c21-14-19(24)23-12-10-18(11-13-23)22-20(25)17-8-6-16(7-9-17)15-4-2-1-3-5-15/h1-9,18H,10-14H2,(H,22,25). The van der Waals surface area contributed by atoms with E-state index in [0.29, 0.717) is 18.7 Å². The van der Waals surface area contributed by atoms with Gasteiger partial charge in [-0.25, -0.2) is 0 Å². The van der Waals surface area contributed by atoms with Gasteiger partial charge in [-0.3, -0.25) is 9.59 Å². The fourth-order valence-corrected chi connectivity index (χ4v) is 3.24. The maximum Gasteiger partial charge on any atom is 0.251 e. The van der Waals surface area contributed by atoms with E-state index < -0.39 is 0 Å². The van der Waals surface area contributed by atoms with Crippen LogP contribution in [0.5, 0.6) is 0 Å². The van der Waals surface area contributed by atoms with Crippen molar-refractivity contribution in [3.8, 4) is 11.1 Å². The van der Waals surface area contributed by atoms with Crippen molar-refractivity contribution < 1.29 is 9.59 Å². The van der Waals surface area contributed by atoms with E-state index >= 15 is 0 Å². The van der Waals surface area contributed by atoms with Gasteiger partial charge in [0.05, 0.1) is 0 Å². The Labute approximate surface area is 152 Å². The van der Waals surface area contributed by atoms with Crippen molar-refractivity contribution in [2.75, 3.05) is 19.0 Å². The van der Waals surface area contributed by atoms with Crippen molar-refractivity contribution in [3.63, 3.8) is 0 Å². The zero-order valence-corrected chi connectivity index (χ0v) is 14.7. The maximum absolute atomic E-state index is 12.4. The first-order valence-electron chi connectivity index (χ1n) is 8.47. The maximum atomic E-state index is 12.4. The second-order valence-electron chi connectivity index (χ2n) is 6.21. The third kappa shape index (κ3) is 4.40. The molecule has 130 valence electrons. The van der Waals surface area contributed by atoms with E-state index in [1.807, 2.05) is 54.6 Å². The number of nitrogens with one attached hydrogen (secondary N) is 1. The minimum absolute atomic E-state index is 0.0186. The predicted octanol–water partition coefficient (Wildman–Crippen LogP) is 3.31. The van der Waals surface area contributed by atoms with Crippen molar-refractivity contribution in [1.29, 1.82) is 0 Å². The molecule has 1 N–H and O–H groups in total. The average molecular weight is 357 g/mol. The fourth-order valence-electron chi connectivity index (χ4n) is 3.07. The third-order valence-electron chi connectivity index (χ3n) is 4.55. The summed E-state index contributed by atoms with van der Waals surface area (Å²) in [6.45, 7) is 1.28. The monoisotopic (exact) mass is 356 g/mol. The SMILES string of the molecule is O=C(NC1CCN(C(=O)CCl)CC1)c1ccc(-c2ccccc2)cc1. The van der Waals surface area contributed by atoms with E-state index in [0.717, 1.165) is 24.0 Å². The molecule has 0 aliphatic carbocycles. The van der Waals surface area contributed by atoms with Gasteiger partial charge in [0.1, 0.15) is 5.88 Å². The summed E-state index contributed by atoms with van der Waals surface area (Å²) in [5, 5.41) is 3.06. The molecule has 0 bridgehead atoms. The van der Waals surface area contributed by atoms with Gasteiger partial charge < -0.3 is 10.2 Å². The lowest BCUT2D eigenvalue weighted by atomic mass is 10.0. The lowest BCUT2D eigenvalue weighted by Crippen LogP contribution is -2.46. The van der Waals surface area contributed by atoms with Crippen LogP contribution < -0.4 is 5.32 Å². The number of carbonyl (C=O) groups excluding carboxylic acids is 2. The first kappa shape index (κ1) is 17.5. The highest BCUT2D eigenvalue weighted by atomic mass is 35.5. The Morgan fingerprint density at radius 2 is 1.56 bits per heavy atom. The molecule has 1 fully saturated rings. The highest BCUT2D eigenvalue weighted by molar-refractivity contribution is 6.27. The molecule has 0 atom stereocenters. The summed E-state index contributed by atoms with van der Waals surface area (Å²) < 4.78 is 0. The Bertz CT molecular complexity index is 723. The largest absolute Gasteiger partial charge is 0.349 e. The minimum atomic E-state index is -0.0678. The van der Waals surface area contributed by atoms with Crippen LogP contribution in [0.1, 0.15) is 23.2 Å². The van der Waals surface area contributed by atoms with Gasteiger partial charge in [0.15, 0.2) is 0 Å². The molecular formula is C20H21ClN2O2. The second kappa shape index (κ2) is 8.17. The molecule has 1 aliphatic heterocycles. The van der Waals surface area contributed by atoms with Gasteiger partial charge in [-0.15, -0.1) is 11.6 Å². The zero-order chi connectivity index (χ0) is 17.6. The molecule has 3 rings (SSSR count). The molecular weight excluding hydrogens is 336 g/mol. The number of nitrogens with zero attached hydrogens (tertiary/aromatic N) is 1. The molecule has 0 saturated carbocycles. The van der Waals surface area contributed by atoms with Crippen LogP contribution in [0.2, 0.25) is 0 Å². The number of hydrogen-bond acceptors (Lipinski definition) is 2. The van der Waals surface area contributed by atoms with Crippen molar-refractivity contribution in [1.82, 2.24) is 10.2 Å². The van der Waals surface area contributed by atoms with E-state index in [-0.39, 0.29) is 23.7 Å². The van der Waals surface area contributed by atoms with Gasteiger partial charge in [0.2, 0.25) is 5.91 Å². The highest BCUT2D eigenvalue weighted by Gasteiger charge is 2.23. The van der Waals surface area contributed by atoms with Crippen LogP contribution in [0.4, 0.5) is 0 Å². The second-order valence-corrected chi connectivity index (χ2v) is 6.47. The number of amides is 2. The molecule has 1 aliphatic rings. The highest BCUT2D eigenvalue weighted by Crippen LogP contribution is 2.19. The van der Waals surface area contributed by atoms with Crippen molar-refractivity contribution in [2.45, 2.75) is 18.9 Å². The lowest BCUT2D eigenvalue weighted by molar-refractivity contribution is -0.129. The number of piperidine rings is 1. The number of likely N-dealkylation sites (tertiary alicyclic amines) is 1. The minimum Gasteiger partial charge on any atom is -0.349 e. The van der Waals surface area contributed by atoms with Crippen LogP contribution in [0.3, 0.4) is 0 Å². The first-order chi connectivity index (χ1) is 12.2. The van der Waals surface area contributed by atoms with Crippen LogP contribution in [0, 0.1) is 0 Å². The number of hydrogen-bond donors (Lipinski definition) is 1. The summed E-state index contributed by atoms with van der Waals surface area (Å²) in [4.78, 5) is 25.7. The Balaban J connectivity index is 1.56. The quantitative estimate of drug-likeness (QED) is 0.854. The molecule has 4 nitrogen and oxygen atoms in total. The number of alkyl halides is 1. The number of benzene rings is 2. The lowest BCUT2D eigenvalue weighted by Gasteiger charge is -2.32. The van der Waals surface area contributed by atoms with Gasteiger partial charge in [0, 0.05) is 24.7 Å². The molecule has 1 heterocycles. The molecule has 2 aromatic carbocycles. The molecule has 2 amide bonds. The van der Waals surface area contributed by atoms with Crippen LogP contribution in [-0.2, 0) is 4.79 Å². The van der Waals surface area contributed by atoms with Crippen molar-refractivity contribution in [2.24, 2.45) is 0 Å². The molecule has 2 aromatic rings. The van der Waals surface area contributed by atoms with Crippen LogP contribution >= 0.6 is 11.6 Å². The smallest absolute Gasteiger partial charge is 0.251 e. The summed E-state index contributed by atoms with van der Waals surface area (Å²) in [5.41, 5.74) is 2.87. The normalized spacial score (nSPS) is 15.0. The van der Waals surface area contributed by atoms with Crippen molar-refractivity contribution in [3.05, 3.63) is 60.2 Å². The summed E-state index contributed by atoms with van der Waals surface area (Å²) >= 11 is 5.58. The van der Waals surface area contributed by atoms with Gasteiger partial charge in [-0.1, -0.05) is 42.5 Å². The number of rotatable bonds is 4. The van der Waals surface area contributed by atoms with Crippen LogP contribution in [0.25, 0.3) is 11.1 Å². The molecule has 5 heteroatoms. The molecule has 1 saturated heterocycles. The third-order valence-corrected chi connectivity index (χ3v) is 4.78. The molecule has 0 unspecified atom stereocenters. The van der Waals surface area contributed by atoms with E-state index in [2.05, 4.69) is 5.32 Å². The Hall–Kier alpha value is -2.33. The van der Waals surface area contributed by atoms with Gasteiger partial charge in [-0.2, -0.15) is 0 Å². The summed E-state index contributed by atoms with van der Waals surface area (Å²) in [6.07, 6.45) is 1.52. The molecule has 0 radical (unpaired) electrons. The van der Waals surface area contributed by atoms with Crippen molar-refractivity contribution >= 4 is 23.4 Å². The Morgan fingerprint density at radius 1 is 0.960 bits per heavy atom. The molecule has 25 heavy (non-hydrogen) atoms.